The van der Waals surface area contributed by atoms with E-state index in [2.05, 4.69) is 31.0 Å². The lowest BCUT2D eigenvalue weighted by Gasteiger charge is -2.35. The van der Waals surface area contributed by atoms with Crippen LogP contribution in [0.5, 0.6) is 0 Å². The predicted octanol–water partition coefficient (Wildman–Crippen LogP) is 4.72. The van der Waals surface area contributed by atoms with E-state index in [1.54, 1.807) is 12.1 Å². The number of amides is 1. The van der Waals surface area contributed by atoms with Crippen molar-refractivity contribution >= 4 is 60.7 Å². The summed E-state index contributed by atoms with van der Waals surface area (Å²) in [6.07, 6.45) is 1.65. The summed E-state index contributed by atoms with van der Waals surface area (Å²) < 4.78 is 56.3. The Morgan fingerprint density at radius 1 is 1.27 bits per heavy atom. The molecule has 33 heavy (non-hydrogen) atoms. The molecule has 0 radical (unpaired) electrons. The zero-order chi connectivity index (χ0) is 23.9. The lowest BCUT2D eigenvalue weighted by Crippen LogP contribution is -2.55. The van der Waals surface area contributed by atoms with Gasteiger partial charge in [0, 0.05) is 34.2 Å². The van der Waals surface area contributed by atoms with Crippen molar-refractivity contribution in [2.75, 3.05) is 12.4 Å². The van der Waals surface area contributed by atoms with Crippen LogP contribution in [-0.4, -0.2) is 36.7 Å². The summed E-state index contributed by atoms with van der Waals surface area (Å²) in [7, 11) is -2.66. The Labute approximate surface area is 206 Å². The molecule has 0 bridgehead atoms. The molecule has 4 rings (SSSR count). The summed E-state index contributed by atoms with van der Waals surface area (Å²) in [6.45, 7) is 0. The average molecular weight is 578 g/mol. The van der Waals surface area contributed by atoms with E-state index in [0.29, 0.717) is 15.3 Å². The molecule has 1 fully saturated rings. The number of likely N-dealkylation sites (N-methyl/N-ethyl adjacent to an activating group) is 1. The fourth-order valence-electron chi connectivity index (χ4n) is 3.35. The van der Waals surface area contributed by atoms with E-state index in [0.717, 1.165) is 10.4 Å². The molecule has 1 aliphatic heterocycles. The van der Waals surface area contributed by atoms with Crippen LogP contribution < -0.4 is 10.0 Å². The second-order valence-corrected chi connectivity index (χ2v) is 11.3. The lowest BCUT2D eigenvalue weighted by molar-refractivity contribution is -0.120. The number of benzene rings is 1. The molecule has 1 aliphatic rings. The molecule has 1 amide bonds. The van der Waals surface area contributed by atoms with E-state index >= 15 is 0 Å². The third-order valence-electron chi connectivity index (χ3n) is 5.11. The highest BCUT2D eigenvalue weighted by molar-refractivity contribution is 9.10. The molecule has 0 saturated carbocycles. The van der Waals surface area contributed by atoms with Gasteiger partial charge in [-0.15, -0.1) is 11.3 Å². The van der Waals surface area contributed by atoms with Crippen molar-refractivity contribution in [3.8, 4) is 10.4 Å². The van der Waals surface area contributed by atoms with Gasteiger partial charge in [-0.25, -0.2) is 13.8 Å². The monoisotopic (exact) mass is 576 g/mol. The van der Waals surface area contributed by atoms with Crippen molar-refractivity contribution in [3.05, 3.63) is 68.7 Å². The number of pyridine rings is 1. The van der Waals surface area contributed by atoms with Crippen LogP contribution in [0.4, 0.5) is 14.5 Å². The van der Waals surface area contributed by atoms with Crippen molar-refractivity contribution in [1.82, 2.24) is 14.0 Å². The Balaban J connectivity index is 1.57. The summed E-state index contributed by atoms with van der Waals surface area (Å²) in [4.78, 5) is 18.2. The fourth-order valence-corrected chi connectivity index (χ4v) is 6.14. The molecule has 7 nitrogen and oxygen atoms in total. The summed E-state index contributed by atoms with van der Waals surface area (Å²) >= 11 is 10.0. The number of carbonyl (C=O) groups is 1. The molecule has 2 aromatic heterocycles. The third-order valence-corrected chi connectivity index (χ3v) is 8.83. The molecule has 2 N–H and O–H groups in total. The Kier molecular flexibility index (Phi) is 6.85. The van der Waals surface area contributed by atoms with Gasteiger partial charge in [0.1, 0.15) is 16.5 Å². The van der Waals surface area contributed by atoms with Gasteiger partial charge < -0.3 is 5.32 Å². The van der Waals surface area contributed by atoms with E-state index < -0.39 is 39.8 Å². The highest BCUT2D eigenvalue weighted by atomic mass is 79.9. The molecular weight excluding hydrogens is 562 g/mol. The van der Waals surface area contributed by atoms with Crippen molar-refractivity contribution in [1.29, 1.82) is 0 Å². The van der Waals surface area contributed by atoms with Gasteiger partial charge >= 0.3 is 0 Å². The lowest BCUT2D eigenvalue weighted by atomic mass is 10.1. The topological polar surface area (TPSA) is 91.4 Å². The van der Waals surface area contributed by atoms with Crippen LogP contribution in [-0.2, 0) is 15.0 Å². The van der Waals surface area contributed by atoms with Gasteiger partial charge in [-0.05, 0) is 58.7 Å². The van der Waals surface area contributed by atoms with Crippen LogP contribution in [0.25, 0.3) is 10.4 Å². The molecule has 174 valence electrons. The Hall–Kier alpha value is -1.96. The molecule has 2 unspecified atom stereocenters. The number of halogens is 4. The van der Waals surface area contributed by atoms with Gasteiger partial charge in [-0.1, -0.05) is 11.6 Å². The Bertz CT molecular complexity index is 1340. The van der Waals surface area contributed by atoms with E-state index in [-0.39, 0.29) is 21.7 Å². The minimum atomic E-state index is -3.96. The Morgan fingerprint density at radius 2 is 2.03 bits per heavy atom. The van der Waals surface area contributed by atoms with E-state index in [1.165, 1.54) is 42.8 Å². The van der Waals surface area contributed by atoms with Crippen LogP contribution in [0, 0.1) is 11.6 Å². The molecular formula is C20H16BrClF2N4O3S2. The number of hydrogen-bond acceptors (Lipinski definition) is 5. The van der Waals surface area contributed by atoms with Gasteiger partial charge in [0.15, 0.2) is 5.82 Å². The summed E-state index contributed by atoms with van der Waals surface area (Å²) in [6, 6.07) is 6.79. The van der Waals surface area contributed by atoms with E-state index in [4.69, 9.17) is 11.6 Å². The highest BCUT2D eigenvalue weighted by Crippen LogP contribution is 2.36. The number of nitrogens with one attached hydrogen (secondary N) is 2. The minimum Gasteiger partial charge on any atom is -0.325 e. The first-order valence-electron chi connectivity index (χ1n) is 9.47. The SMILES string of the molecule is CN1C(C(=O)Nc2ccc(F)c(Cl)c2)CC(c2ccc(-c3cnc(Br)c(F)c3)s2)NS1(=O)=O. The molecule has 2 atom stereocenters. The molecule has 1 saturated heterocycles. The quantitative estimate of drug-likeness (QED) is 0.439. The van der Waals surface area contributed by atoms with Crippen LogP contribution in [0.1, 0.15) is 17.3 Å². The molecule has 1 aromatic carbocycles. The number of rotatable bonds is 4. The first kappa shape index (κ1) is 24.2. The van der Waals surface area contributed by atoms with E-state index in [9.17, 15) is 22.0 Å². The summed E-state index contributed by atoms with van der Waals surface area (Å²) in [5.41, 5.74) is 0.792. The molecule has 0 aliphatic carbocycles. The number of anilines is 1. The number of hydrogen-bond donors (Lipinski definition) is 2. The standard InChI is InChI=1S/C20H16BrClF2N4O3S2/c1-28-16(20(29)26-11-2-3-13(23)12(22)7-11)8-15(27-33(28,30)31)18-5-4-17(32-18)10-6-14(24)19(21)25-9-10/h2-7,9,15-16,27H,8H2,1H3,(H,26,29). The first-order valence-corrected chi connectivity index (χ1v) is 12.9. The number of thiophene rings is 1. The highest BCUT2D eigenvalue weighted by Gasteiger charge is 2.41. The number of nitrogens with zero attached hydrogens (tertiary/aromatic N) is 2. The summed E-state index contributed by atoms with van der Waals surface area (Å²) in [5.74, 6) is -1.73. The smallest absolute Gasteiger partial charge is 0.280 e. The second-order valence-electron chi connectivity index (χ2n) is 7.26. The average Bonchev–Trinajstić information content (AvgIpc) is 3.25. The van der Waals surface area contributed by atoms with Crippen molar-refractivity contribution in [3.63, 3.8) is 0 Å². The van der Waals surface area contributed by atoms with Crippen LogP contribution >= 0.6 is 38.9 Å². The van der Waals surface area contributed by atoms with Gasteiger partial charge in [0.2, 0.25) is 5.91 Å². The molecule has 0 spiro atoms. The largest absolute Gasteiger partial charge is 0.325 e. The van der Waals surface area contributed by atoms with Crippen LogP contribution in [0.3, 0.4) is 0 Å². The Morgan fingerprint density at radius 3 is 2.73 bits per heavy atom. The maximum absolute atomic E-state index is 13.9. The van der Waals surface area contributed by atoms with Crippen molar-refractivity contribution < 1.29 is 22.0 Å². The second kappa shape index (κ2) is 9.35. The minimum absolute atomic E-state index is 0.0994. The van der Waals surface area contributed by atoms with Gasteiger partial charge in [-0.2, -0.15) is 17.4 Å². The normalized spacial score (nSPS) is 20.5. The van der Waals surface area contributed by atoms with Gasteiger partial charge in [0.05, 0.1) is 11.1 Å². The van der Waals surface area contributed by atoms with Gasteiger partial charge in [-0.3, -0.25) is 4.79 Å². The maximum atomic E-state index is 13.9. The molecule has 3 heterocycles. The third kappa shape index (κ3) is 5.10. The first-order chi connectivity index (χ1) is 15.5. The fraction of sp³-hybridized carbons (Fsp3) is 0.200. The van der Waals surface area contributed by atoms with E-state index in [1.807, 2.05) is 0 Å². The zero-order valence-corrected chi connectivity index (χ0v) is 20.8. The molecule has 3 aromatic rings. The van der Waals surface area contributed by atoms with Gasteiger partial charge in [0.25, 0.3) is 10.2 Å². The summed E-state index contributed by atoms with van der Waals surface area (Å²) in [5, 5.41) is 2.42. The predicted molar refractivity (Wildman–Crippen MR) is 126 cm³/mol. The van der Waals surface area contributed by atoms with Crippen LogP contribution in [0.2, 0.25) is 5.02 Å². The van der Waals surface area contributed by atoms with Crippen LogP contribution in [0.15, 0.2) is 47.2 Å². The molecule has 13 heteroatoms. The zero-order valence-electron chi connectivity index (χ0n) is 16.9. The number of carbonyl (C=O) groups excluding carboxylic acids is 1. The maximum Gasteiger partial charge on any atom is 0.280 e. The number of aromatic nitrogens is 1. The van der Waals surface area contributed by atoms with Crippen molar-refractivity contribution in [2.45, 2.75) is 18.5 Å². The van der Waals surface area contributed by atoms with Crippen molar-refractivity contribution in [2.24, 2.45) is 0 Å².